The number of benzene rings is 3. The van der Waals surface area contributed by atoms with Crippen molar-refractivity contribution in [2.45, 2.75) is 28.2 Å². The van der Waals surface area contributed by atoms with Crippen LogP contribution < -0.4 is 0 Å². The van der Waals surface area contributed by atoms with E-state index in [0.717, 1.165) is 35.1 Å². The Kier molecular flexibility index (Phi) is 8.47. The van der Waals surface area contributed by atoms with Crippen molar-refractivity contribution in [2.75, 3.05) is 0 Å². The first-order valence-corrected chi connectivity index (χ1v) is 11.1. The first kappa shape index (κ1) is 29.2. The first-order valence-electron chi connectivity index (χ1n) is 11.1. The summed E-state index contributed by atoms with van der Waals surface area (Å²) in [5, 5.41) is 21.0. The molecular weight excluding hydrogens is 533 g/mol. The van der Waals surface area contributed by atoms with Crippen LogP contribution in [0.5, 0.6) is 0 Å². The molecule has 0 fully saturated rings. The molecule has 40 heavy (non-hydrogen) atoms. The molecular formula is C25H23F3N8O4. The number of nitro groups is 2. The van der Waals surface area contributed by atoms with Gasteiger partial charge >= 0.3 is 11.4 Å². The number of halogens is 3. The number of rotatable bonds is 2. The third kappa shape index (κ3) is 6.20. The summed E-state index contributed by atoms with van der Waals surface area (Å²) in [6.07, 6.45) is 0. The van der Waals surface area contributed by atoms with Gasteiger partial charge in [-0.1, -0.05) is 7.43 Å². The van der Waals surface area contributed by atoms with Gasteiger partial charge in [-0.25, -0.2) is 19.3 Å². The van der Waals surface area contributed by atoms with Gasteiger partial charge in [0.25, 0.3) is 0 Å². The van der Waals surface area contributed by atoms with Gasteiger partial charge in [-0.15, -0.1) is 0 Å². The summed E-state index contributed by atoms with van der Waals surface area (Å²) in [5.41, 5.74) is 1.84. The number of imidazole rings is 3. The van der Waals surface area contributed by atoms with E-state index < -0.39 is 32.9 Å². The Morgan fingerprint density at radius 3 is 1.88 bits per heavy atom. The largest absolute Gasteiger partial charge is 0.342 e. The Labute approximate surface area is 223 Å². The van der Waals surface area contributed by atoms with Crippen molar-refractivity contribution in [2.24, 2.45) is 0 Å². The van der Waals surface area contributed by atoms with E-state index in [1.54, 1.807) is 19.9 Å². The number of H-pyrrole nitrogens is 3. The van der Waals surface area contributed by atoms with Crippen LogP contribution in [0, 0.1) is 58.5 Å². The molecule has 0 radical (unpaired) electrons. The number of aromatic amines is 3. The maximum Gasteiger partial charge on any atom is 0.332 e. The number of nitrogens with one attached hydrogen (secondary N) is 3. The fraction of sp³-hybridized carbons (Fsp3) is 0.160. The van der Waals surface area contributed by atoms with E-state index in [9.17, 15) is 33.4 Å². The van der Waals surface area contributed by atoms with Crippen molar-refractivity contribution in [3.05, 3.63) is 97.6 Å². The van der Waals surface area contributed by atoms with E-state index in [1.807, 2.05) is 6.92 Å². The molecule has 15 heteroatoms. The van der Waals surface area contributed by atoms with E-state index in [-0.39, 0.29) is 18.8 Å². The lowest BCUT2D eigenvalue weighted by Gasteiger charge is -1.93. The minimum atomic E-state index is -0.867. The van der Waals surface area contributed by atoms with Crippen LogP contribution in [-0.4, -0.2) is 39.8 Å². The van der Waals surface area contributed by atoms with Gasteiger partial charge in [-0.2, -0.15) is 8.78 Å². The molecule has 3 heterocycles. The molecule has 3 N–H and O–H groups in total. The SMILES string of the molecule is C.Cc1nc2c([N+](=O)[O-])c(F)ccc2[nH]1.Cc1nc2cc(F)c([N+](=O)[O-])cc2[nH]1.Cc1nc2ccc(F)cc2[nH]1. The summed E-state index contributed by atoms with van der Waals surface area (Å²) in [5.74, 6) is -0.0386. The summed E-state index contributed by atoms with van der Waals surface area (Å²) in [6.45, 7) is 5.20. The molecule has 0 aliphatic carbocycles. The third-order valence-electron chi connectivity index (χ3n) is 5.31. The lowest BCUT2D eigenvalue weighted by Crippen LogP contribution is -1.93. The molecule has 0 bridgehead atoms. The normalized spacial score (nSPS) is 10.4. The van der Waals surface area contributed by atoms with E-state index in [2.05, 4.69) is 29.9 Å². The standard InChI is InChI=1S/2C8H6FN3O2.C8H7FN2.CH4/c1-4-10-6-2-5(9)8(12(13)14)3-7(6)11-4;1-4-10-6-3-2-5(9)8(12(13)14)7(6)11-4;1-5-10-7-3-2-6(9)4-8(7)11-5;/h2*2-3H,1H3,(H,10,11);2-4H,1H3,(H,10,11);1H4. The molecule has 6 rings (SSSR count). The van der Waals surface area contributed by atoms with Crippen LogP contribution in [0.15, 0.2) is 42.5 Å². The van der Waals surface area contributed by atoms with Crippen LogP contribution in [0.4, 0.5) is 24.5 Å². The van der Waals surface area contributed by atoms with E-state index in [4.69, 9.17) is 0 Å². The van der Waals surface area contributed by atoms with Crippen molar-refractivity contribution in [3.63, 3.8) is 0 Å². The summed E-state index contributed by atoms with van der Waals surface area (Å²) in [6, 6.07) is 9.18. The number of aromatic nitrogens is 6. The second-order valence-electron chi connectivity index (χ2n) is 8.26. The minimum Gasteiger partial charge on any atom is -0.342 e. The van der Waals surface area contributed by atoms with Gasteiger partial charge in [-0.3, -0.25) is 20.2 Å². The Morgan fingerprint density at radius 2 is 1.25 bits per heavy atom. The van der Waals surface area contributed by atoms with Crippen molar-refractivity contribution < 1.29 is 23.0 Å². The van der Waals surface area contributed by atoms with Crippen LogP contribution in [-0.2, 0) is 0 Å². The Balaban J connectivity index is 0.000000165. The van der Waals surface area contributed by atoms with Crippen molar-refractivity contribution in [3.8, 4) is 0 Å². The minimum absolute atomic E-state index is 0. The molecule has 6 aromatic rings. The molecule has 0 aliphatic heterocycles. The van der Waals surface area contributed by atoms with Crippen LogP contribution in [0.1, 0.15) is 24.9 Å². The Morgan fingerprint density at radius 1 is 0.675 bits per heavy atom. The zero-order valence-electron chi connectivity index (χ0n) is 20.5. The maximum atomic E-state index is 13.1. The summed E-state index contributed by atoms with van der Waals surface area (Å²) >= 11 is 0. The molecule has 0 unspecified atom stereocenters. The lowest BCUT2D eigenvalue weighted by molar-refractivity contribution is -0.387. The second-order valence-corrected chi connectivity index (χ2v) is 8.26. The topological polar surface area (TPSA) is 172 Å². The highest BCUT2D eigenvalue weighted by Crippen LogP contribution is 2.26. The zero-order chi connectivity index (χ0) is 28.4. The predicted molar refractivity (Wildman–Crippen MR) is 142 cm³/mol. The van der Waals surface area contributed by atoms with E-state index in [1.165, 1.54) is 18.2 Å². The van der Waals surface area contributed by atoms with Gasteiger partial charge in [-0.05, 0) is 51.1 Å². The Hall–Kier alpha value is -5.34. The highest BCUT2D eigenvalue weighted by atomic mass is 19.1. The highest BCUT2D eigenvalue weighted by molar-refractivity contribution is 5.84. The smallest absolute Gasteiger partial charge is 0.332 e. The van der Waals surface area contributed by atoms with E-state index in [0.29, 0.717) is 28.2 Å². The number of hydrogen-bond acceptors (Lipinski definition) is 7. The summed E-state index contributed by atoms with van der Waals surface area (Å²) < 4.78 is 38.8. The summed E-state index contributed by atoms with van der Waals surface area (Å²) in [4.78, 5) is 39.9. The van der Waals surface area contributed by atoms with Crippen LogP contribution >= 0.6 is 0 Å². The highest BCUT2D eigenvalue weighted by Gasteiger charge is 2.21. The van der Waals surface area contributed by atoms with Crippen molar-refractivity contribution >= 4 is 44.5 Å². The van der Waals surface area contributed by atoms with Gasteiger partial charge in [0.1, 0.15) is 23.3 Å². The first-order chi connectivity index (χ1) is 18.4. The molecule has 0 saturated heterocycles. The van der Waals surface area contributed by atoms with Gasteiger partial charge in [0.15, 0.2) is 5.52 Å². The fourth-order valence-electron chi connectivity index (χ4n) is 3.73. The van der Waals surface area contributed by atoms with Gasteiger partial charge in [0.05, 0.1) is 37.4 Å². The predicted octanol–water partition coefficient (Wildman–Crippen LogP) is 6.48. The quantitative estimate of drug-likeness (QED) is 0.162. The second kappa shape index (κ2) is 11.6. The van der Waals surface area contributed by atoms with Crippen LogP contribution in [0.25, 0.3) is 33.1 Å². The fourth-order valence-corrected chi connectivity index (χ4v) is 3.73. The monoisotopic (exact) mass is 556 g/mol. The number of nitro benzene ring substituents is 2. The van der Waals surface area contributed by atoms with Crippen LogP contribution in [0.2, 0.25) is 0 Å². The Bertz CT molecular complexity index is 1860. The van der Waals surface area contributed by atoms with Crippen LogP contribution in [0.3, 0.4) is 0 Å². The maximum absolute atomic E-state index is 13.1. The zero-order valence-corrected chi connectivity index (χ0v) is 20.5. The molecule has 0 spiro atoms. The van der Waals surface area contributed by atoms with E-state index >= 15 is 0 Å². The number of hydrogen-bond donors (Lipinski definition) is 3. The molecule has 0 atom stereocenters. The average Bonchev–Trinajstić information content (AvgIpc) is 3.52. The third-order valence-corrected chi connectivity index (χ3v) is 5.31. The molecule has 3 aromatic carbocycles. The van der Waals surface area contributed by atoms with Crippen molar-refractivity contribution in [1.82, 2.24) is 29.9 Å². The molecule has 12 nitrogen and oxygen atoms in total. The lowest BCUT2D eigenvalue weighted by atomic mass is 10.2. The molecule has 0 aliphatic rings. The van der Waals surface area contributed by atoms with Gasteiger partial charge in [0.2, 0.25) is 11.6 Å². The molecule has 0 saturated carbocycles. The number of nitrogens with zero attached hydrogens (tertiary/aromatic N) is 5. The van der Waals surface area contributed by atoms with Gasteiger partial charge < -0.3 is 15.0 Å². The number of fused-ring (bicyclic) bond motifs is 3. The van der Waals surface area contributed by atoms with Gasteiger partial charge in [0, 0.05) is 12.1 Å². The molecule has 0 amide bonds. The summed E-state index contributed by atoms with van der Waals surface area (Å²) in [7, 11) is 0. The molecule has 3 aromatic heterocycles. The average molecular weight is 557 g/mol. The molecule has 208 valence electrons. The number of aryl methyl sites for hydroxylation is 3. The van der Waals surface area contributed by atoms with Crippen molar-refractivity contribution in [1.29, 1.82) is 0 Å².